The number of rotatable bonds is 17. The number of ether oxygens (including phenoxy) is 2. The Morgan fingerprint density at radius 3 is 2.31 bits per heavy atom. The average molecular weight is 543 g/mol. The van der Waals surface area contributed by atoms with E-state index in [1.54, 1.807) is 0 Å². The molecule has 6 N–H and O–H groups in total. The molecule has 0 atom stereocenters. The number of anilines is 4. The van der Waals surface area contributed by atoms with Crippen LogP contribution in [0.1, 0.15) is 52.0 Å². The summed E-state index contributed by atoms with van der Waals surface area (Å²) >= 11 is 0. The number of nitrogens with one attached hydrogen (secondary N) is 4. The van der Waals surface area contributed by atoms with Crippen LogP contribution >= 0.6 is 0 Å². The zero-order valence-electron chi connectivity index (χ0n) is 23.7. The number of aromatic nitrogens is 3. The van der Waals surface area contributed by atoms with Crippen LogP contribution in [0, 0.1) is 11.8 Å². The van der Waals surface area contributed by atoms with E-state index >= 15 is 0 Å². The summed E-state index contributed by atoms with van der Waals surface area (Å²) in [5, 5.41) is 12.8. The smallest absolute Gasteiger partial charge is 0.233 e. The molecule has 1 saturated carbocycles. The molecule has 0 aliphatic heterocycles. The predicted molar refractivity (Wildman–Crippen MR) is 155 cm³/mol. The molecule has 0 unspecified atom stereocenters. The monoisotopic (exact) mass is 542 g/mol. The third-order valence-corrected chi connectivity index (χ3v) is 6.51. The standard InChI is InChI=1S/C28H46N8O3/c1-20(2)32-27-34-26(31-19-23-6-4-21(3)5-7-23)35-28(36-27)33-24-10-8-22(9-11-24)18-25(37)30-13-15-39-17-16-38-14-12-29/h8-11,20-21,23H,4-7,12-19,29H2,1-3H3,(H,30,37)(H3,31,32,33,34,35,36). The summed E-state index contributed by atoms with van der Waals surface area (Å²) in [6.45, 7) is 10.2. The summed E-state index contributed by atoms with van der Waals surface area (Å²) in [6.07, 6.45) is 5.35. The topological polar surface area (TPSA) is 148 Å². The van der Waals surface area contributed by atoms with Gasteiger partial charge in [0.1, 0.15) is 0 Å². The summed E-state index contributed by atoms with van der Waals surface area (Å²) < 4.78 is 10.7. The first-order valence-corrected chi connectivity index (χ1v) is 14.2. The molecule has 1 aromatic carbocycles. The second kappa shape index (κ2) is 16.8. The van der Waals surface area contributed by atoms with Crippen LogP contribution in [-0.4, -0.2) is 73.0 Å². The van der Waals surface area contributed by atoms with Gasteiger partial charge >= 0.3 is 0 Å². The van der Waals surface area contributed by atoms with Crippen molar-refractivity contribution in [1.29, 1.82) is 0 Å². The summed E-state index contributed by atoms with van der Waals surface area (Å²) in [7, 11) is 0. The van der Waals surface area contributed by atoms with E-state index in [0.29, 0.717) is 69.7 Å². The Labute approximate surface area is 232 Å². The van der Waals surface area contributed by atoms with Crippen LogP contribution < -0.4 is 27.0 Å². The first kappa shape index (κ1) is 30.5. The zero-order valence-corrected chi connectivity index (χ0v) is 23.7. The number of hydrogen-bond donors (Lipinski definition) is 5. The largest absolute Gasteiger partial charge is 0.378 e. The van der Waals surface area contributed by atoms with Crippen LogP contribution in [0.3, 0.4) is 0 Å². The van der Waals surface area contributed by atoms with Gasteiger partial charge in [0.25, 0.3) is 0 Å². The molecule has 1 aromatic heterocycles. The third-order valence-electron chi connectivity index (χ3n) is 6.51. The maximum absolute atomic E-state index is 12.3. The fraction of sp³-hybridized carbons (Fsp3) is 0.643. The van der Waals surface area contributed by atoms with E-state index in [2.05, 4.69) is 57.0 Å². The van der Waals surface area contributed by atoms with Crippen molar-refractivity contribution in [2.75, 3.05) is 62.0 Å². The lowest BCUT2D eigenvalue weighted by atomic mass is 9.83. The molecule has 1 amide bonds. The summed E-state index contributed by atoms with van der Waals surface area (Å²) in [5.41, 5.74) is 7.11. The summed E-state index contributed by atoms with van der Waals surface area (Å²) in [4.78, 5) is 26.0. The lowest BCUT2D eigenvalue weighted by molar-refractivity contribution is -0.120. The molecule has 0 bridgehead atoms. The summed E-state index contributed by atoms with van der Waals surface area (Å²) in [5.74, 6) is 2.98. The highest BCUT2D eigenvalue weighted by Gasteiger charge is 2.18. The SMILES string of the molecule is CC1CCC(CNc2nc(Nc3ccc(CC(=O)NCCOCCOCCN)cc3)nc(NC(C)C)n2)CC1. The highest BCUT2D eigenvalue weighted by molar-refractivity contribution is 5.78. The van der Waals surface area contributed by atoms with Gasteiger partial charge in [-0.25, -0.2) is 0 Å². The lowest BCUT2D eigenvalue weighted by Gasteiger charge is -2.26. The Morgan fingerprint density at radius 2 is 1.62 bits per heavy atom. The first-order chi connectivity index (χ1) is 18.9. The van der Waals surface area contributed by atoms with Crippen LogP contribution in [0.2, 0.25) is 0 Å². The van der Waals surface area contributed by atoms with E-state index in [1.165, 1.54) is 25.7 Å². The molecule has 1 heterocycles. The van der Waals surface area contributed by atoms with Crippen LogP contribution in [0.15, 0.2) is 24.3 Å². The molecule has 0 saturated heterocycles. The molecule has 216 valence electrons. The molecule has 11 nitrogen and oxygen atoms in total. The van der Waals surface area contributed by atoms with Crippen molar-refractivity contribution >= 4 is 29.4 Å². The van der Waals surface area contributed by atoms with Gasteiger partial charge in [0.2, 0.25) is 23.8 Å². The predicted octanol–water partition coefficient (Wildman–Crippen LogP) is 3.32. The molecule has 3 rings (SSSR count). The Morgan fingerprint density at radius 1 is 0.949 bits per heavy atom. The number of nitrogens with zero attached hydrogens (tertiary/aromatic N) is 3. The summed E-state index contributed by atoms with van der Waals surface area (Å²) in [6, 6.07) is 7.88. The van der Waals surface area contributed by atoms with Gasteiger partial charge in [-0.05, 0) is 56.2 Å². The maximum Gasteiger partial charge on any atom is 0.233 e. The highest BCUT2D eigenvalue weighted by atomic mass is 16.5. The normalized spacial score (nSPS) is 17.2. The minimum absolute atomic E-state index is 0.0521. The highest BCUT2D eigenvalue weighted by Crippen LogP contribution is 2.28. The van der Waals surface area contributed by atoms with E-state index in [9.17, 15) is 4.79 Å². The molecule has 1 fully saturated rings. The molecule has 1 aliphatic carbocycles. The Hall–Kier alpha value is -3.02. The van der Waals surface area contributed by atoms with Crippen LogP contribution in [0.25, 0.3) is 0 Å². The van der Waals surface area contributed by atoms with Crippen molar-refractivity contribution in [1.82, 2.24) is 20.3 Å². The third kappa shape index (κ3) is 12.1. The fourth-order valence-electron chi connectivity index (χ4n) is 4.35. The van der Waals surface area contributed by atoms with Crippen molar-refractivity contribution in [3.8, 4) is 0 Å². The molecule has 0 radical (unpaired) electrons. The maximum atomic E-state index is 12.3. The lowest BCUT2D eigenvalue weighted by Crippen LogP contribution is -2.29. The van der Waals surface area contributed by atoms with Gasteiger partial charge in [-0.2, -0.15) is 15.0 Å². The van der Waals surface area contributed by atoms with E-state index in [1.807, 2.05) is 24.3 Å². The number of carbonyl (C=O) groups excluding carboxylic acids is 1. The average Bonchev–Trinajstić information content (AvgIpc) is 2.90. The van der Waals surface area contributed by atoms with Crippen molar-refractivity contribution < 1.29 is 14.3 Å². The quantitative estimate of drug-likeness (QED) is 0.189. The number of nitrogens with two attached hydrogens (primary N) is 1. The Kier molecular flexibility index (Phi) is 13.2. The van der Waals surface area contributed by atoms with Crippen molar-refractivity contribution in [2.24, 2.45) is 17.6 Å². The number of carbonyl (C=O) groups is 1. The molecular weight excluding hydrogens is 496 g/mol. The van der Waals surface area contributed by atoms with Crippen molar-refractivity contribution in [2.45, 2.75) is 58.9 Å². The Balaban J connectivity index is 1.48. The molecule has 1 aliphatic rings. The van der Waals surface area contributed by atoms with Gasteiger partial charge in [0.15, 0.2) is 0 Å². The molecular formula is C28H46N8O3. The molecule has 2 aromatic rings. The molecule has 11 heteroatoms. The van der Waals surface area contributed by atoms with Gasteiger partial charge in [-0.15, -0.1) is 0 Å². The Bertz CT molecular complexity index is 981. The fourth-order valence-corrected chi connectivity index (χ4v) is 4.35. The van der Waals surface area contributed by atoms with Crippen molar-refractivity contribution in [3.63, 3.8) is 0 Å². The number of benzene rings is 1. The van der Waals surface area contributed by atoms with Gasteiger partial charge in [-0.3, -0.25) is 4.79 Å². The second-order valence-electron chi connectivity index (χ2n) is 10.5. The van der Waals surface area contributed by atoms with Crippen LogP contribution in [0.4, 0.5) is 23.5 Å². The van der Waals surface area contributed by atoms with E-state index < -0.39 is 0 Å². The second-order valence-corrected chi connectivity index (χ2v) is 10.5. The number of hydrogen-bond acceptors (Lipinski definition) is 10. The minimum Gasteiger partial charge on any atom is -0.378 e. The number of amides is 1. The van der Waals surface area contributed by atoms with Gasteiger partial charge in [0.05, 0.1) is 32.8 Å². The zero-order chi connectivity index (χ0) is 27.9. The van der Waals surface area contributed by atoms with Gasteiger partial charge in [-0.1, -0.05) is 31.9 Å². The minimum atomic E-state index is -0.0521. The molecule has 0 spiro atoms. The first-order valence-electron chi connectivity index (χ1n) is 14.2. The van der Waals surface area contributed by atoms with Gasteiger partial charge < -0.3 is 36.5 Å². The van der Waals surface area contributed by atoms with Gasteiger partial charge in [0, 0.05) is 31.4 Å². The van der Waals surface area contributed by atoms with E-state index in [0.717, 1.165) is 23.7 Å². The van der Waals surface area contributed by atoms with E-state index in [4.69, 9.17) is 15.2 Å². The van der Waals surface area contributed by atoms with Crippen molar-refractivity contribution in [3.05, 3.63) is 29.8 Å². The molecule has 39 heavy (non-hydrogen) atoms. The van der Waals surface area contributed by atoms with E-state index in [-0.39, 0.29) is 11.9 Å². The van der Waals surface area contributed by atoms with Crippen LogP contribution in [0.5, 0.6) is 0 Å². The van der Waals surface area contributed by atoms with Crippen LogP contribution in [-0.2, 0) is 20.7 Å².